The minimum Gasteiger partial charge on any atom is -0.395 e. The molecule has 0 saturated carbocycles. The molecule has 0 rings (SSSR count). The summed E-state index contributed by atoms with van der Waals surface area (Å²) in [6.07, 6.45) is 0. The zero-order valence-electron chi connectivity index (χ0n) is 7.95. The first-order valence-corrected chi connectivity index (χ1v) is 4.60. The lowest BCUT2D eigenvalue weighted by Gasteiger charge is -2.19. The third-order valence-corrected chi connectivity index (χ3v) is 1.73. The van der Waals surface area contributed by atoms with Crippen LogP contribution < -0.4 is 5.32 Å². The third kappa shape index (κ3) is 8.14. The Morgan fingerprint density at radius 3 is 1.85 bits per heavy atom. The first-order valence-electron chi connectivity index (χ1n) is 4.60. The average Bonchev–Trinajstić information content (AvgIpc) is 2.13. The summed E-state index contributed by atoms with van der Waals surface area (Å²) in [4.78, 5) is 1.96. The highest BCUT2D eigenvalue weighted by atomic mass is 16.3. The molecule has 0 aliphatic heterocycles. The van der Waals surface area contributed by atoms with Crippen molar-refractivity contribution in [2.24, 2.45) is 0 Å². The minimum atomic E-state index is 0.111. The minimum absolute atomic E-state index is 0.111. The van der Waals surface area contributed by atoms with E-state index in [4.69, 9.17) is 15.3 Å². The van der Waals surface area contributed by atoms with E-state index in [0.717, 1.165) is 13.1 Å². The summed E-state index contributed by atoms with van der Waals surface area (Å²) in [6, 6.07) is 0. The van der Waals surface area contributed by atoms with Crippen LogP contribution in [0.1, 0.15) is 0 Å². The fourth-order valence-electron chi connectivity index (χ4n) is 1.06. The van der Waals surface area contributed by atoms with E-state index >= 15 is 0 Å². The molecule has 0 amide bonds. The number of aliphatic hydroxyl groups is 3. The number of hydrogen-bond donors (Lipinski definition) is 4. The smallest absolute Gasteiger partial charge is 0.0558 e. The van der Waals surface area contributed by atoms with Gasteiger partial charge in [-0.3, -0.25) is 4.90 Å². The summed E-state index contributed by atoms with van der Waals surface area (Å²) < 4.78 is 0. The monoisotopic (exact) mass is 192 g/mol. The van der Waals surface area contributed by atoms with Gasteiger partial charge in [-0.25, -0.2) is 0 Å². The molecule has 0 radical (unpaired) electrons. The molecule has 0 unspecified atom stereocenters. The molecule has 5 heteroatoms. The number of nitrogens with one attached hydrogen (secondary N) is 1. The second-order valence-electron chi connectivity index (χ2n) is 2.76. The maximum absolute atomic E-state index is 8.68. The van der Waals surface area contributed by atoms with E-state index < -0.39 is 0 Å². The maximum Gasteiger partial charge on any atom is 0.0558 e. The van der Waals surface area contributed by atoms with Gasteiger partial charge in [0.05, 0.1) is 19.8 Å². The average molecular weight is 192 g/mol. The molecule has 0 atom stereocenters. The Morgan fingerprint density at radius 1 is 0.769 bits per heavy atom. The van der Waals surface area contributed by atoms with Crippen LogP contribution >= 0.6 is 0 Å². The van der Waals surface area contributed by atoms with Crippen LogP contribution in [0.15, 0.2) is 0 Å². The van der Waals surface area contributed by atoms with Crippen molar-refractivity contribution in [3.05, 3.63) is 0 Å². The Bertz CT molecular complexity index is 97.4. The zero-order chi connectivity index (χ0) is 9.94. The van der Waals surface area contributed by atoms with Crippen LogP contribution in [0.4, 0.5) is 0 Å². The zero-order valence-corrected chi connectivity index (χ0v) is 7.95. The summed E-state index contributed by atoms with van der Waals surface area (Å²) in [7, 11) is 0. The number of nitrogens with zero attached hydrogens (tertiary/aromatic N) is 1. The Hall–Kier alpha value is -0.200. The fourth-order valence-corrected chi connectivity index (χ4v) is 1.06. The van der Waals surface area contributed by atoms with E-state index in [0.29, 0.717) is 19.6 Å². The Labute approximate surface area is 79.0 Å². The first kappa shape index (κ1) is 12.8. The molecule has 0 bridgehead atoms. The lowest BCUT2D eigenvalue weighted by atomic mass is 10.4. The van der Waals surface area contributed by atoms with Gasteiger partial charge < -0.3 is 20.6 Å². The van der Waals surface area contributed by atoms with Crippen molar-refractivity contribution in [1.82, 2.24) is 10.2 Å². The van der Waals surface area contributed by atoms with E-state index in [2.05, 4.69) is 5.32 Å². The van der Waals surface area contributed by atoms with E-state index in [9.17, 15) is 0 Å². The van der Waals surface area contributed by atoms with Gasteiger partial charge in [0, 0.05) is 32.7 Å². The van der Waals surface area contributed by atoms with Crippen LogP contribution in [0.5, 0.6) is 0 Å². The molecular formula is C8H20N2O3. The van der Waals surface area contributed by atoms with E-state index in [1.54, 1.807) is 0 Å². The van der Waals surface area contributed by atoms with Crippen LogP contribution in [0.25, 0.3) is 0 Å². The topological polar surface area (TPSA) is 76.0 Å². The Kier molecular flexibility index (Phi) is 9.73. The van der Waals surface area contributed by atoms with Crippen LogP contribution in [0.3, 0.4) is 0 Å². The van der Waals surface area contributed by atoms with Crippen molar-refractivity contribution < 1.29 is 15.3 Å². The number of aliphatic hydroxyl groups excluding tert-OH is 3. The maximum atomic E-state index is 8.68. The highest BCUT2D eigenvalue weighted by Gasteiger charge is 2.01. The predicted molar refractivity (Wildman–Crippen MR) is 50.6 cm³/mol. The standard InChI is InChI=1S/C8H20N2O3/c11-6-2-9-1-3-10(4-7-12)5-8-13/h9,11-13H,1-8H2. The molecule has 0 heterocycles. The molecule has 0 aromatic rings. The molecule has 0 aliphatic rings. The SMILES string of the molecule is OCCNCCN(CCO)CCO. The molecular weight excluding hydrogens is 172 g/mol. The van der Waals surface area contributed by atoms with Gasteiger partial charge in [0.1, 0.15) is 0 Å². The van der Waals surface area contributed by atoms with Gasteiger partial charge in [0.2, 0.25) is 0 Å². The largest absolute Gasteiger partial charge is 0.395 e. The van der Waals surface area contributed by atoms with Crippen LogP contribution in [-0.4, -0.2) is 72.8 Å². The van der Waals surface area contributed by atoms with Gasteiger partial charge >= 0.3 is 0 Å². The summed E-state index contributed by atoms with van der Waals surface area (Å²) >= 11 is 0. The predicted octanol–water partition coefficient (Wildman–Crippen LogP) is -2.15. The van der Waals surface area contributed by atoms with E-state index in [1.165, 1.54) is 0 Å². The highest BCUT2D eigenvalue weighted by molar-refractivity contribution is 4.58. The fraction of sp³-hybridized carbons (Fsp3) is 1.00. The molecule has 4 N–H and O–H groups in total. The molecule has 13 heavy (non-hydrogen) atoms. The Morgan fingerprint density at radius 2 is 1.38 bits per heavy atom. The lowest BCUT2D eigenvalue weighted by Crippen LogP contribution is -2.36. The van der Waals surface area contributed by atoms with Crippen LogP contribution in [-0.2, 0) is 0 Å². The second-order valence-corrected chi connectivity index (χ2v) is 2.76. The summed E-state index contributed by atoms with van der Waals surface area (Å²) in [5, 5.41) is 28.9. The summed E-state index contributed by atoms with van der Waals surface area (Å²) in [5.74, 6) is 0. The molecule has 0 fully saturated rings. The highest BCUT2D eigenvalue weighted by Crippen LogP contribution is 1.84. The molecule has 0 aromatic heterocycles. The third-order valence-electron chi connectivity index (χ3n) is 1.73. The van der Waals surface area contributed by atoms with Crippen molar-refractivity contribution in [1.29, 1.82) is 0 Å². The molecule has 0 aromatic carbocycles. The number of rotatable bonds is 9. The van der Waals surface area contributed by atoms with Gasteiger partial charge in [-0.05, 0) is 0 Å². The van der Waals surface area contributed by atoms with Crippen molar-refractivity contribution in [2.75, 3.05) is 52.5 Å². The van der Waals surface area contributed by atoms with Crippen molar-refractivity contribution in [3.8, 4) is 0 Å². The van der Waals surface area contributed by atoms with E-state index in [-0.39, 0.29) is 19.8 Å². The van der Waals surface area contributed by atoms with Gasteiger partial charge in [0.15, 0.2) is 0 Å². The molecule has 0 saturated heterocycles. The van der Waals surface area contributed by atoms with Gasteiger partial charge in [-0.2, -0.15) is 0 Å². The van der Waals surface area contributed by atoms with Crippen molar-refractivity contribution >= 4 is 0 Å². The second kappa shape index (κ2) is 9.88. The molecule has 0 aliphatic carbocycles. The molecule has 0 spiro atoms. The summed E-state index contributed by atoms with van der Waals surface area (Å²) in [6.45, 7) is 3.66. The number of hydrogen-bond acceptors (Lipinski definition) is 5. The lowest BCUT2D eigenvalue weighted by molar-refractivity contribution is 0.161. The molecule has 5 nitrogen and oxygen atoms in total. The van der Waals surface area contributed by atoms with Gasteiger partial charge in [0.25, 0.3) is 0 Å². The van der Waals surface area contributed by atoms with E-state index in [1.807, 2.05) is 4.90 Å². The van der Waals surface area contributed by atoms with Gasteiger partial charge in [-0.15, -0.1) is 0 Å². The normalized spacial score (nSPS) is 11.1. The van der Waals surface area contributed by atoms with Crippen LogP contribution in [0, 0.1) is 0 Å². The Balaban J connectivity index is 3.33. The van der Waals surface area contributed by atoms with Crippen LogP contribution in [0.2, 0.25) is 0 Å². The summed E-state index contributed by atoms with van der Waals surface area (Å²) in [5.41, 5.74) is 0. The first-order chi connectivity index (χ1) is 6.35. The molecule has 80 valence electrons. The van der Waals surface area contributed by atoms with Crippen molar-refractivity contribution in [3.63, 3.8) is 0 Å². The van der Waals surface area contributed by atoms with Gasteiger partial charge in [-0.1, -0.05) is 0 Å². The quantitative estimate of drug-likeness (QED) is 0.314. The van der Waals surface area contributed by atoms with Crippen molar-refractivity contribution in [2.45, 2.75) is 0 Å².